The predicted molar refractivity (Wildman–Crippen MR) is 91.1 cm³/mol. The van der Waals surface area contributed by atoms with Gasteiger partial charge >= 0.3 is 47.8 Å². The van der Waals surface area contributed by atoms with E-state index in [1.54, 1.807) is 0 Å². The van der Waals surface area contributed by atoms with Crippen LogP contribution >= 0.6 is 0 Å². The van der Waals surface area contributed by atoms with Crippen molar-refractivity contribution in [1.82, 2.24) is 0 Å². The van der Waals surface area contributed by atoms with Gasteiger partial charge in [0.2, 0.25) is 11.2 Å². The number of hydrogen-bond acceptors (Lipinski definition) is 10. The number of rotatable bonds is 14. The van der Waals surface area contributed by atoms with E-state index in [0.717, 1.165) is 0 Å². The van der Waals surface area contributed by atoms with Gasteiger partial charge in [-0.05, 0) is 0 Å². The van der Waals surface area contributed by atoms with Gasteiger partial charge in [-0.25, -0.2) is 19.2 Å². The molecule has 1 unspecified atom stereocenters. The molecule has 1 atom stereocenters. The Labute approximate surface area is 176 Å². The van der Waals surface area contributed by atoms with Crippen LogP contribution < -0.4 is 0 Å². The van der Waals surface area contributed by atoms with E-state index in [4.69, 9.17) is 20.4 Å². The first-order chi connectivity index (χ1) is 14.5. The molecule has 16 nitrogen and oxygen atoms in total. The molecule has 0 saturated heterocycles. The molecule has 0 rings (SSSR count). The number of carbonyl (C=O) groups is 8. The number of ether oxygens (including phenoxy) is 2. The Morgan fingerprint density at radius 2 is 0.938 bits per heavy atom. The van der Waals surface area contributed by atoms with Gasteiger partial charge in [0.1, 0.15) is 0 Å². The van der Waals surface area contributed by atoms with Crippen LogP contribution in [0, 0.1) is 0 Å². The first-order valence-corrected chi connectivity index (χ1v) is 8.03. The van der Waals surface area contributed by atoms with Crippen LogP contribution in [0.3, 0.4) is 0 Å². The summed E-state index contributed by atoms with van der Waals surface area (Å²) < 4.78 is 8.85. The van der Waals surface area contributed by atoms with Crippen molar-refractivity contribution in [3.05, 3.63) is 12.2 Å². The summed E-state index contributed by atoms with van der Waals surface area (Å²) in [5.74, 6) is -15.6. The lowest BCUT2D eigenvalue weighted by molar-refractivity contribution is -0.195. The van der Waals surface area contributed by atoms with E-state index in [2.05, 4.69) is 9.47 Å². The largest absolute Gasteiger partial charge is 0.481 e. The molecule has 0 aliphatic rings. The van der Waals surface area contributed by atoms with Crippen LogP contribution in [0.25, 0.3) is 0 Å². The second-order valence-corrected chi connectivity index (χ2v) is 6.05. The molecule has 0 aromatic heterocycles. The van der Waals surface area contributed by atoms with Gasteiger partial charge in [0.25, 0.3) is 0 Å². The number of carboxylic acids is 6. The Morgan fingerprint density at radius 1 is 0.562 bits per heavy atom. The Bertz CT molecular complexity index is 851. The van der Waals surface area contributed by atoms with E-state index in [0.29, 0.717) is 0 Å². The number of aliphatic carboxylic acids is 6. The lowest BCUT2D eigenvalue weighted by atomic mass is 9.93. The van der Waals surface area contributed by atoms with Gasteiger partial charge in [0.15, 0.2) is 0 Å². The number of hydrogen-bond donors (Lipinski definition) is 6. The van der Waals surface area contributed by atoms with Crippen molar-refractivity contribution in [2.24, 2.45) is 0 Å². The lowest BCUT2D eigenvalue weighted by Gasteiger charge is -2.30. The predicted octanol–water partition coefficient (Wildman–Crippen LogP) is -1.83. The zero-order valence-corrected chi connectivity index (χ0v) is 15.7. The van der Waals surface area contributed by atoms with Crippen LogP contribution in [0.1, 0.15) is 25.7 Å². The minimum Gasteiger partial charge on any atom is -0.481 e. The summed E-state index contributed by atoms with van der Waals surface area (Å²) in [6.07, 6.45) is -6.05. The van der Waals surface area contributed by atoms with Crippen molar-refractivity contribution >= 4 is 47.8 Å². The molecular formula is C16H16O16. The molecule has 0 aromatic rings. The van der Waals surface area contributed by atoms with E-state index in [1.807, 2.05) is 0 Å². The van der Waals surface area contributed by atoms with E-state index in [1.165, 1.54) is 0 Å². The Morgan fingerprint density at radius 3 is 1.25 bits per heavy atom. The topological polar surface area (TPSA) is 276 Å². The Hall–Kier alpha value is -4.50. The molecule has 0 aromatic carbocycles. The third-order valence-corrected chi connectivity index (χ3v) is 3.49. The summed E-state index contributed by atoms with van der Waals surface area (Å²) in [6, 6.07) is 0. The van der Waals surface area contributed by atoms with Crippen LogP contribution in [-0.4, -0.2) is 89.6 Å². The summed E-state index contributed by atoms with van der Waals surface area (Å²) in [5, 5.41) is 53.6. The lowest BCUT2D eigenvalue weighted by Crippen LogP contribution is -2.51. The molecule has 0 spiro atoms. The molecule has 0 saturated carbocycles. The molecule has 0 aliphatic carbocycles. The summed E-state index contributed by atoms with van der Waals surface area (Å²) in [5.41, 5.74) is -6.46. The summed E-state index contributed by atoms with van der Waals surface area (Å²) in [6.45, 7) is 0. The number of carboxylic acid groups (broad SMARTS) is 6. The van der Waals surface area contributed by atoms with Crippen molar-refractivity contribution in [3.63, 3.8) is 0 Å². The highest BCUT2D eigenvalue weighted by Gasteiger charge is 2.51. The maximum absolute atomic E-state index is 12.2. The van der Waals surface area contributed by atoms with Crippen molar-refractivity contribution in [2.45, 2.75) is 36.9 Å². The van der Waals surface area contributed by atoms with E-state index in [-0.39, 0.29) is 12.2 Å². The maximum Gasteiger partial charge on any atom is 0.349 e. The van der Waals surface area contributed by atoms with Crippen LogP contribution in [0.5, 0.6) is 0 Å². The summed E-state index contributed by atoms with van der Waals surface area (Å²) in [4.78, 5) is 90.4. The van der Waals surface area contributed by atoms with Gasteiger partial charge in [-0.15, -0.1) is 0 Å². The standard InChI is InChI=1S/C16H16O16/c17-7(18)1-2-11(25)31-16(14(29)30,5-10(23)24)6-12(26)32-15(13(27)28,3-8(19)20)4-9(21)22/h1-2H,3-6H2,(H,17,18)(H,19,20)(H,21,22)(H,23,24)(H,27,28)(H,29,30)/b2-1-. The van der Waals surface area contributed by atoms with Crippen LogP contribution in [0.2, 0.25) is 0 Å². The SMILES string of the molecule is O=C(O)/C=C\C(=O)OC(CC(=O)O)(CC(=O)OC(CC(=O)O)(CC(=O)O)C(=O)O)C(=O)O. The highest BCUT2D eigenvalue weighted by atomic mass is 16.6. The zero-order valence-electron chi connectivity index (χ0n) is 15.7. The molecule has 0 amide bonds. The van der Waals surface area contributed by atoms with Crippen molar-refractivity contribution < 1.29 is 78.5 Å². The van der Waals surface area contributed by atoms with E-state index in [9.17, 15) is 48.6 Å². The van der Waals surface area contributed by atoms with Crippen molar-refractivity contribution in [1.29, 1.82) is 0 Å². The molecule has 176 valence electrons. The molecule has 0 bridgehead atoms. The van der Waals surface area contributed by atoms with Crippen molar-refractivity contribution in [3.8, 4) is 0 Å². The molecule has 0 heterocycles. The van der Waals surface area contributed by atoms with Crippen LogP contribution in [0.4, 0.5) is 0 Å². The fourth-order valence-corrected chi connectivity index (χ4v) is 2.25. The number of esters is 2. The normalized spacial score (nSPS) is 12.9. The van der Waals surface area contributed by atoms with E-state index < -0.39 is 84.6 Å². The van der Waals surface area contributed by atoms with Gasteiger partial charge in [-0.2, -0.15) is 0 Å². The highest BCUT2D eigenvalue weighted by molar-refractivity contribution is 5.96. The minimum absolute atomic E-state index is 0.184. The first-order valence-electron chi connectivity index (χ1n) is 8.03. The van der Waals surface area contributed by atoms with Crippen LogP contribution in [-0.2, 0) is 47.8 Å². The quantitative estimate of drug-likeness (QED) is 0.122. The molecule has 6 N–H and O–H groups in total. The second-order valence-electron chi connectivity index (χ2n) is 6.05. The summed E-state index contributed by atoms with van der Waals surface area (Å²) >= 11 is 0. The summed E-state index contributed by atoms with van der Waals surface area (Å²) in [7, 11) is 0. The third-order valence-electron chi connectivity index (χ3n) is 3.49. The Kier molecular flexibility index (Phi) is 9.49. The maximum atomic E-state index is 12.2. The molecule has 32 heavy (non-hydrogen) atoms. The van der Waals surface area contributed by atoms with Gasteiger partial charge < -0.3 is 40.1 Å². The molecule has 0 aliphatic heterocycles. The first kappa shape index (κ1) is 27.5. The second kappa shape index (κ2) is 11.0. The van der Waals surface area contributed by atoms with E-state index >= 15 is 0 Å². The Balaban J connectivity index is 6.14. The molecule has 16 heteroatoms. The average Bonchev–Trinajstić information content (AvgIpc) is 2.57. The third kappa shape index (κ3) is 8.47. The fraction of sp³-hybridized carbons (Fsp3) is 0.375. The smallest absolute Gasteiger partial charge is 0.349 e. The average molecular weight is 464 g/mol. The van der Waals surface area contributed by atoms with Crippen LogP contribution in [0.15, 0.2) is 12.2 Å². The monoisotopic (exact) mass is 464 g/mol. The van der Waals surface area contributed by atoms with Gasteiger partial charge in [-0.3, -0.25) is 19.2 Å². The number of carbonyl (C=O) groups excluding carboxylic acids is 2. The van der Waals surface area contributed by atoms with Gasteiger partial charge in [0, 0.05) is 12.2 Å². The van der Waals surface area contributed by atoms with Gasteiger partial charge in [-0.1, -0.05) is 0 Å². The van der Waals surface area contributed by atoms with Gasteiger partial charge in [0.05, 0.1) is 25.7 Å². The minimum atomic E-state index is -3.25. The fourth-order valence-electron chi connectivity index (χ4n) is 2.25. The zero-order chi connectivity index (χ0) is 25.3. The molecule has 0 fully saturated rings. The molecular weight excluding hydrogens is 448 g/mol. The molecule has 0 radical (unpaired) electrons. The van der Waals surface area contributed by atoms with Crippen molar-refractivity contribution in [2.75, 3.05) is 0 Å². The highest BCUT2D eigenvalue weighted by Crippen LogP contribution is 2.28.